The van der Waals surface area contributed by atoms with Crippen molar-refractivity contribution in [1.82, 2.24) is 14.5 Å². The second-order valence-electron chi connectivity index (χ2n) is 6.56. The third kappa shape index (κ3) is 3.34. The van der Waals surface area contributed by atoms with Crippen molar-refractivity contribution in [3.05, 3.63) is 68.6 Å². The third-order valence-corrected chi connectivity index (χ3v) is 5.56. The first-order valence-corrected chi connectivity index (χ1v) is 9.23. The van der Waals surface area contributed by atoms with Gasteiger partial charge in [-0.25, -0.2) is 4.79 Å². The van der Waals surface area contributed by atoms with E-state index >= 15 is 0 Å². The number of rotatable bonds is 3. The smallest absolute Gasteiger partial charge is 0.306 e. The molecule has 0 atom stereocenters. The second-order valence-corrected chi connectivity index (χ2v) is 7.40. The molecule has 6 heteroatoms. The number of benzene rings is 2. The lowest BCUT2D eigenvalue weighted by atomic mass is 10.0. The summed E-state index contributed by atoms with van der Waals surface area (Å²) in [6.07, 6.45) is 1.87. The van der Waals surface area contributed by atoms with E-state index in [9.17, 15) is 4.79 Å². The van der Waals surface area contributed by atoms with Crippen LogP contribution in [0.3, 0.4) is 0 Å². The Hall–Kier alpha value is -1.75. The molecule has 0 unspecified atom stereocenters. The summed E-state index contributed by atoms with van der Waals surface area (Å²) in [5.74, 6) is 0. The molecule has 1 fully saturated rings. The molecule has 0 radical (unpaired) electrons. The van der Waals surface area contributed by atoms with Crippen molar-refractivity contribution in [3.8, 4) is 0 Å². The van der Waals surface area contributed by atoms with Gasteiger partial charge in [-0.15, -0.1) is 0 Å². The monoisotopic (exact) mass is 375 g/mol. The highest BCUT2D eigenvalue weighted by molar-refractivity contribution is 6.31. The van der Waals surface area contributed by atoms with Crippen LogP contribution < -0.4 is 5.69 Å². The Bertz CT molecular complexity index is 955. The zero-order valence-corrected chi connectivity index (χ0v) is 15.2. The molecule has 1 aromatic heterocycles. The summed E-state index contributed by atoms with van der Waals surface area (Å²) >= 11 is 12.4. The Morgan fingerprint density at radius 2 is 1.84 bits per heavy atom. The van der Waals surface area contributed by atoms with Crippen LogP contribution in [0.25, 0.3) is 11.0 Å². The zero-order chi connectivity index (χ0) is 17.4. The highest BCUT2D eigenvalue weighted by Crippen LogP contribution is 2.27. The van der Waals surface area contributed by atoms with Gasteiger partial charge in [-0.2, -0.15) is 0 Å². The molecule has 0 saturated carbocycles. The van der Waals surface area contributed by atoms with Crippen molar-refractivity contribution in [2.75, 3.05) is 13.1 Å². The Balaban J connectivity index is 1.51. The molecule has 0 bridgehead atoms. The first-order chi connectivity index (χ1) is 12.1. The van der Waals surface area contributed by atoms with Crippen LogP contribution in [0.2, 0.25) is 10.0 Å². The van der Waals surface area contributed by atoms with Crippen molar-refractivity contribution in [2.24, 2.45) is 0 Å². The summed E-state index contributed by atoms with van der Waals surface area (Å²) in [6.45, 7) is 2.73. The average molecular weight is 376 g/mol. The summed E-state index contributed by atoms with van der Waals surface area (Å²) < 4.78 is 1.87. The fourth-order valence-electron chi connectivity index (χ4n) is 3.66. The summed E-state index contributed by atoms with van der Waals surface area (Å²) in [4.78, 5) is 17.7. The maximum atomic E-state index is 12.4. The number of piperidine rings is 1. The van der Waals surface area contributed by atoms with Crippen LogP contribution in [0.5, 0.6) is 0 Å². The Morgan fingerprint density at radius 3 is 2.60 bits per heavy atom. The molecule has 2 aromatic carbocycles. The fraction of sp³-hybridized carbons (Fsp3) is 0.316. The summed E-state index contributed by atoms with van der Waals surface area (Å²) in [7, 11) is 0. The van der Waals surface area contributed by atoms with Crippen LogP contribution >= 0.6 is 23.2 Å². The van der Waals surface area contributed by atoms with E-state index in [1.165, 1.54) is 0 Å². The van der Waals surface area contributed by atoms with Gasteiger partial charge in [-0.3, -0.25) is 9.47 Å². The molecular weight excluding hydrogens is 357 g/mol. The molecule has 130 valence electrons. The van der Waals surface area contributed by atoms with Gasteiger partial charge in [0.25, 0.3) is 0 Å². The van der Waals surface area contributed by atoms with Gasteiger partial charge < -0.3 is 4.98 Å². The number of halogens is 2. The third-order valence-electron chi connectivity index (χ3n) is 4.95. The van der Waals surface area contributed by atoms with Crippen molar-refractivity contribution >= 4 is 34.2 Å². The van der Waals surface area contributed by atoms with Crippen molar-refractivity contribution in [1.29, 1.82) is 0 Å². The molecule has 0 spiro atoms. The zero-order valence-electron chi connectivity index (χ0n) is 13.7. The van der Waals surface area contributed by atoms with Gasteiger partial charge in [0.15, 0.2) is 0 Å². The normalized spacial score (nSPS) is 16.6. The number of likely N-dealkylation sites (tertiary alicyclic amines) is 1. The molecule has 2 heterocycles. The van der Waals surface area contributed by atoms with Gasteiger partial charge in [-0.05, 0) is 42.7 Å². The molecule has 3 aromatic rings. The van der Waals surface area contributed by atoms with Gasteiger partial charge in [0, 0.05) is 35.7 Å². The minimum Gasteiger partial charge on any atom is -0.306 e. The van der Waals surface area contributed by atoms with Gasteiger partial charge in [0.05, 0.1) is 11.0 Å². The maximum Gasteiger partial charge on any atom is 0.326 e. The van der Waals surface area contributed by atoms with Crippen LogP contribution in [0.4, 0.5) is 0 Å². The molecule has 1 N–H and O–H groups in total. The van der Waals surface area contributed by atoms with E-state index in [2.05, 4.69) is 16.0 Å². The highest BCUT2D eigenvalue weighted by Gasteiger charge is 2.24. The molecule has 1 saturated heterocycles. The number of hydrogen-bond acceptors (Lipinski definition) is 2. The minimum absolute atomic E-state index is 0.0539. The standard InChI is InChI=1S/C19H19Cl2N3O/c20-14-5-6-17-18(11-14)24(19(25)22-17)15-7-9-23(10-8-15)12-13-3-1-2-4-16(13)21/h1-6,11,15H,7-10,12H2,(H,22,25). The van der Waals surface area contributed by atoms with E-state index < -0.39 is 0 Å². The average Bonchev–Trinajstić information content (AvgIpc) is 2.93. The Kier molecular flexibility index (Phi) is 4.59. The van der Waals surface area contributed by atoms with E-state index in [1.807, 2.05) is 34.9 Å². The van der Waals surface area contributed by atoms with E-state index in [0.29, 0.717) is 5.02 Å². The lowest BCUT2D eigenvalue weighted by Gasteiger charge is -2.32. The Labute approximate surface area is 156 Å². The molecule has 25 heavy (non-hydrogen) atoms. The highest BCUT2D eigenvalue weighted by atomic mass is 35.5. The van der Waals surface area contributed by atoms with E-state index in [0.717, 1.165) is 54.1 Å². The van der Waals surface area contributed by atoms with E-state index in [1.54, 1.807) is 6.07 Å². The quantitative estimate of drug-likeness (QED) is 0.733. The van der Waals surface area contributed by atoms with Crippen molar-refractivity contribution < 1.29 is 0 Å². The molecular formula is C19H19Cl2N3O. The summed E-state index contributed by atoms with van der Waals surface area (Å²) in [5.41, 5.74) is 2.83. The largest absolute Gasteiger partial charge is 0.326 e. The number of H-pyrrole nitrogens is 1. The number of nitrogens with zero attached hydrogens (tertiary/aromatic N) is 2. The fourth-order valence-corrected chi connectivity index (χ4v) is 4.02. The number of imidazole rings is 1. The van der Waals surface area contributed by atoms with Gasteiger partial charge in [0.1, 0.15) is 0 Å². The van der Waals surface area contributed by atoms with E-state index in [4.69, 9.17) is 23.2 Å². The molecule has 0 aliphatic carbocycles. The number of aromatic amines is 1. The first kappa shape index (κ1) is 16.7. The van der Waals surface area contributed by atoms with Crippen LogP contribution in [0.1, 0.15) is 24.4 Å². The van der Waals surface area contributed by atoms with E-state index in [-0.39, 0.29) is 11.7 Å². The molecule has 4 nitrogen and oxygen atoms in total. The first-order valence-electron chi connectivity index (χ1n) is 8.47. The molecule has 0 amide bonds. The predicted molar refractivity (Wildman–Crippen MR) is 103 cm³/mol. The second kappa shape index (κ2) is 6.87. The van der Waals surface area contributed by atoms with Crippen LogP contribution in [-0.2, 0) is 6.54 Å². The van der Waals surface area contributed by atoms with Gasteiger partial charge >= 0.3 is 5.69 Å². The number of hydrogen-bond donors (Lipinski definition) is 1. The maximum absolute atomic E-state index is 12.4. The number of aromatic nitrogens is 2. The van der Waals surface area contributed by atoms with Crippen LogP contribution in [0.15, 0.2) is 47.3 Å². The molecule has 4 rings (SSSR count). The number of fused-ring (bicyclic) bond motifs is 1. The predicted octanol–water partition coefficient (Wildman–Crippen LogP) is 4.47. The van der Waals surface area contributed by atoms with Gasteiger partial charge in [0.2, 0.25) is 0 Å². The summed E-state index contributed by atoms with van der Waals surface area (Å²) in [5, 5.41) is 1.46. The molecule has 1 aliphatic rings. The Morgan fingerprint density at radius 1 is 1.08 bits per heavy atom. The minimum atomic E-state index is -0.0539. The van der Waals surface area contributed by atoms with Crippen molar-refractivity contribution in [2.45, 2.75) is 25.4 Å². The van der Waals surface area contributed by atoms with Crippen molar-refractivity contribution in [3.63, 3.8) is 0 Å². The lowest BCUT2D eigenvalue weighted by Crippen LogP contribution is -2.36. The number of nitrogens with one attached hydrogen (secondary N) is 1. The topological polar surface area (TPSA) is 41.0 Å². The molecule has 1 aliphatic heterocycles. The van der Waals surface area contributed by atoms with Crippen LogP contribution in [0, 0.1) is 0 Å². The lowest BCUT2D eigenvalue weighted by molar-refractivity contribution is 0.180. The van der Waals surface area contributed by atoms with Gasteiger partial charge in [-0.1, -0.05) is 41.4 Å². The van der Waals surface area contributed by atoms with Crippen LogP contribution in [-0.4, -0.2) is 27.5 Å². The summed E-state index contributed by atoms with van der Waals surface area (Å²) in [6, 6.07) is 13.7. The SMILES string of the molecule is O=c1[nH]c2ccc(Cl)cc2n1C1CCN(Cc2ccccc2Cl)CC1.